The highest BCUT2D eigenvalue weighted by atomic mass is 16.5. The standard InChI is InChI=1S/C23H32N2O3/c1-5-26-21-15-17-10-11-24-23(20(17)16-22(21)27-6-2)18-8-7-9-19(14-18)28-13-12-25(3)4/h7-9,14-16,23-24H,5-6,10-13H2,1-4H3. The summed E-state index contributed by atoms with van der Waals surface area (Å²) in [6.07, 6.45) is 0.983. The molecule has 5 heteroatoms. The van der Waals surface area contributed by atoms with Gasteiger partial charge in [-0.1, -0.05) is 12.1 Å². The summed E-state index contributed by atoms with van der Waals surface area (Å²) in [4.78, 5) is 2.12. The Morgan fingerprint density at radius 2 is 1.75 bits per heavy atom. The zero-order valence-corrected chi connectivity index (χ0v) is 17.5. The van der Waals surface area contributed by atoms with E-state index < -0.39 is 0 Å². The molecule has 1 aliphatic heterocycles. The summed E-state index contributed by atoms with van der Waals surface area (Å²) >= 11 is 0. The van der Waals surface area contributed by atoms with Gasteiger partial charge < -0.3 is 24.4 Å². The number of likely N-dealkylation sites (N-methyl/N-ethyl adjacent to an activating group) is 1. The van der Waals surface area contributed by atoms with E-state index in [-0.39, 0.29) is 6.04 Å². The van der Waals surface area contributed by atoms with Gasteiger partial charge in [-0.3, -0.25) is 0 Å². The van der Waals surface area contributed by atoms with Gasteiger partial charge in [0.15, 0.2) is 11.5 Å². The first-order valence-electron chi connectivity index (χ1n) is 10.2. The fourth-order valence-corrected chi connectivity index (χ4v) is 3.53. The van der Waals surface area contributed by atoms with E-state index >= 15 is 0 Å². The van der Waals surface area contributed by atoms with E-state index in [0.717, 1.165) is 36.8 Å². The summed E-state index contributed by atoms with van der Waals surface area (Å²) in [5.41, 5.74) is 3.77. The minimum absolute atomic E-state index is 0.121. The molecule has 0 saturated carbocycles. The summed E-state index contributed by atoms with van der Waals surface area (Å²) in [6.45, 7) is 7.76. The van der Waals surface area contributed by atoms with Gasteiger partial charge in [0, 0.05) is 13.1 Å². The molecule has 2 aromatic rings. The van der Waals surface area contributed by atoms with Gasteiger partial charge in [-0.15, -0.1) is 0 Å². The Morgan fingerprint density at radius 3 is 2.46 bits per heavy atom. The highest BCUT2D eigenvalue weighted by Gasteiger charge is 2.24. The van der Waals surface area contributed by atoms with Crippen LogP contribution in [0.15, 0.2) is 36.4 Å². The maximum atomic E-state index is 5.94. The lowest BCUT2D eigenvalue weighted by molar-refractivity contribution is 0.261. The highest BCUT2D eigenvalue weighted by molar-refractivity contribution is 5.52. The van der Waals surface area contributed by atoms with Gasteiger partial charge in [0.05, 0.1) is 19.3 Å². The van der Waals surface area contributed by atoms with Crippen molar-refractivity contribution in [3.8, 4) is 17.2 Å². The second kappa shape index (κ2) is 9.80. The van der Waals surface area contributed by atoms with Crippen molar-refractivity contribution in [3.63, 3.8) is 0 Å². The molecule has 1 heterocycles. The second-order valence-electron chi connectivity index (χ2n) is 7.23. The van der Waals surface area contributed by atoms with Gasteiger partial charge in [0.2, 0.25) is 0 Å². The molecular weight excluding hydrogens is 352 g/mol. The maximum Gasteiger partial charge on any atom is 0.161 e. The highest BCUT2D eigenvalue weighted by Crippen LogP contribution is 2.38. The van der Waals surface area contributed by atoms with Crippen LogP contribution in [0.5, 0.6) is 17.2 Å². The molecule has 0 aromatic heterocycles. The average molecular weight is 385 g/mol. The molecule has 2 aromatic carbocycles. The van der Waals surface area contributed by atoms with E-state index in [1.54, 1.807) is 0 Å². The monoisotopic (exact) mass is 384 g/mol. The lowest BCUT2D eigenvalue weighted by Gasteiger charge is -2.29. The van der Waals surface area contributed by atoms with Crippen molar-refractivity contribution >= 4 is 0 Å². The fraction of sp³-hybridized carbons (Fsp3) is 0.478. The van der Waals surface area contributed by atoms with Gasteiger partial charge in [0.1, 0.15) is 12.4 Å². The Kier molecular flexibility index (Phi) is 7.18. The number of ether oxygens (including phenoxy) is 3. The van der Waals surface area contributed by atoms with Crippen LogP contribution in [-0.4, -0.2) is 51.9 Å². The molecule has 1 unspecified atom stereocenters. The van der Waals surface area contributed by atoms with Crippen LogP contribution < -0.4 is 19.5 Å². The third-order valence-corrected chi connectivity index (χ3v) is 4.86. The first-order chi connectivity index (χ1) is 13.6. The molecule has 1 aliphatic rings. The minimum Gasteiger partial charge on any atom is -0.492 e. The van der Waals surface area contributed by atoms with E-state index in [1.165, 1.54) is 16.7 Å². The minimum atomic E-state index is 0.121. The molecule has 1 atom stereocenters. The number of nitrogens with zero attached hydrogens (tertiary/aromatic N) is 1. The van der Waals surface area contributed by atoms with Crippen molar-refractivity contribution in [1.29, 1.82) is 0 Å². The van der Waals surface area contributed by atoms with Crippen molar-refractivity contribution in [2.45, 2.75) is 26.3 Å². The van der Waals surface area contributed by atoms with Crippen LogP contribution >= 0.6 is 0 Å². The smallest absolute Gasteiger partial charge is 0.161 e. The molecule has 0 bridgehead atoms. The molecule has 5 nitrogen and oxygen atoms in total. The summed E-state index contributed by atoms with van der Waals surface area (Å²) in [5, 5.41) is 3.65. The van der Waals surface area contributed by atoms with Crippen molar-refractivity contribution in [2.75, 3.05) is 47.0 Å². The Balaban J connectivity index is 1.88. The molecule has 1 N–H and O–H groups in total. The zero-order chi connectivity index (χ0) is 19.9. The largest absolute Gasteiger partial charge is 0.492 e. The number of fused-ring (bicyclic) bond motifs is 1. The molecule has 152 valence electrons. The van der Waals surface area contributed by atoms with Crippen LogP contribution in [0.3, 0.4) is 0 Å². The van der Waals surface area contributed by atoms with E-state index in [1.807, 2.05) is 19.9 Å². The van der Waals surface area contributed by atoms with Gasteiger partial charge in [-0.2, -0.15) is 0 Å². The van der Waals surface area contributed by atoms with Crippen molar-refractivity contribution in [2.24, 2.45) is 0 Å². The maximum absolute atomic E-state index is 5.94. The molecule has 0 radical (unpaired) electrons. The van der Waals surface area contributed by atoms with E-state index in [4.69, 9.17) is 14.2 Å². The molecular formula is C23H32N2O3. The van der Waals surface area contributed by atoms with E-state index in [0.29, 0.717) is 19.8 Å². The summed E-state index contributed by atoms with van der Waals surface area (Å²) in [6, 6.07) is 12.8. The van der Waals surface area contributed by atoms with Crippen LogP contribution in [0.4, 0.5) is 0 Å². The molecule has 0 saturated heterocycles. The van der Waals surface area contributed by atoms with Gasteiger partial charge in [0.25, 0.3) is 0 Å². The molecule has 3 rings (SSSR count). The Bertz CT molecular complexity index is 776. The number of hydrogen-bond acceptors (Lipinski definition) is 5. The van der Waals surface area contributed by atoms with Crippen molar-refractivity contribution < 1.29 is 14.2 Å². The number of hydrogen-bond donors (Lipinski definition) is 1. The fourth-order valence-electron chi connectivity index (χ4n) is 3.53. The van der Waals surface area contributed by atoms with Crippen LogP contribution in [-0.2, 0) is 6.42 Å². The van der Waals surface area contributed by atoms with Crippen molar-refractivity contribution in [3.05, 3.63) is 53.1 Å². The quantitative estimate of drug-likeness (QED) is 0.715. The lowest BCUT2D eigenvalue weighted by atomic mass is 9.89. The summed E-state index contributed by atoms with van der Waals surface area (Å²) in [5.74, 6) is 2.56. The first-order valence-corrected chi connectivity index (χ1v) is 10.2. The third-order valence-electron chi connectivity index (χ3n) is 4.86. The Morgan fingerprint density at radius 1 is 1.00 bits per heavy atom. The summed E-state index contributed by atoms with van der Waals surface area (Å²) in [7, 11) is 4.10. The zero-order valence-electron chi connectivity index (χ0n) is 17.5. The van der Waals surface area contributed by atoms with Crippen LogP contribution in [0.2, 0.25) is 0 Å². The van der Waals surface area contributed by atoms with Gasteiger partial charge in [-0.25, -0.2) is 0 Å². The average Bonchev–Trinajstić information content (AvgIpc) is 2.68. The predicted octanol–water partition coefficient (Wildman–Crippen LogP) is 3.66. The molecule has 28 heavy (non-hydrogen) atoms. The number of nitrogens with one attached hydrogen (secondary N) is 1. The number of rotatable bonds is 9. The molecule has 0 aliphatic carbocycles. The normalized spacial score (nSPS) is 16.0. The molecule has 0 amide bonds. The predicted molar refractivity (Wildman–Crippen MR) is 113 cm³/mol. The van der Waals surface area contributed by atoms with Gasteiger partial charge in [-0.05, 0) is 75.3 Å². The van der Waals surface area contributed by atoms with E-state index in [9.17, 15) is 0 Å². The van der Waals surface area contributed by atoms with Crippen LogP contribution in [0.1, 0.15) is 36.6 Å². The Hall–Kier alpha value is -2.24. The van der Waals surface area contributed by atoms with Crippen LogP contribution in [0.25, 0.3) is 0 Å². The van der Waals surface area contributed by atoms with Crippen molar-refractivity contribution in [1.82, 2.24) is 10.2 Å². The summed E-state index contributed by atoms with van der Waals surface area (Å²) < 4.78 is 17.6. The second-order valence-corrected chi connectivity index (χ2v) is 7.23. The number of benzene rings is 2. The molecule has 0 fully saturated rings. The Labute approximate surface area is 168 Å². The van der Waals surface area contributed by atoms with Crippen LogP contribution in [0, 0.1) is 0 Å². The van der Waals surface area contributed by atoms with E-state index in [2.05, 4.69) is 54.6 Å². The topological polar surface area (TPSA) is 43.0 Å². The first kappa shape index (κ1) is 20.5. The lowest BCUT2D eigenvalue weighted by Crippen LogP contribution is -2.30. The van der Waals surface area contributed by atoms with Gasteiger partial charge >= 0.3 is 0 Å². The third kappa shape index (κ3) is 4.97. The molecule has 0 spiro atoms. The SMILES string of the molecule is CCOc1cc2c(cc1OCC)C(c1cccc(OCCN(C)C)c1)NCC2.